The van der Waals surface area contributed by atoms with Crippen molar-refractivity contribution in [2.75, 3.05) is 26.3 Å². The van der Waals surface area contributed by atoms with Gasteiger partial charge in [-0.2, -0.15) is 4.98 Å². The fourth-order valence-electron chi connectivity index (χ4n) is 3.59. The van der Waals surface area contributed by atoms with Crippen LogP contribution in [0.15, 0.2) is 53.5 Å². The number of morpholine rings is 1. The van der Waals surface area contributed by atoms with Gasteiger partial charge in [0, 0.05) is 37.0 Å². The summed E-state index contributed by atoms with van der Waals surface area (Å²) in [7, 11) is 0. The summed E-state index contributed by atoms with van der Waals surface area (Å²) < 4.78 is 12.6. The average molecular weight is 375 g/mol. The molecule has 0 unspecified atom stereocenters. The summed E-state index contributed by atoms with van der Waals surface area (Å²) >= 11 is 0. The molecule has 1 fully saturated rings. The Morgan fingerprint density at radius 3 is 2.54 bits per heavy atom. The van der Waals surface area contributed by atoms with Gasteiger partial charge in [0.25, 0.3) is 0 Å². The van der Waals surface area contributed by atoms with Crippen molar-refractivity contribution in [2.24, 2.45) is 0 Å². The first-order valence-electron chi connectivity index (χ1n) is 9.43. The van der Waals surface area contributed by atoms with Crippen molar-refractivity contribution in [3.05, 3.63) is 60.2 Å². The molecule has 0 saturated carbocycles. The molecule has 0 amide bonds. The highest BCUT2D eigenvalue weighted by molar-refractivity contribution is 5.68. The van der Waals surface area contributed by atoms with Gasteiger partial charge in [0.15, 0.2) is 0 Å². The zero-order valence-corrected chi connectivity index (χ0v) is 15.7. The van der Waals surface area contributed by atoms with Gasteiger partial charge in [-0.1, -0.05) is 35.0 Å². The lowest BCUT2D eigenvalue weighted by Gasteiger charge is -2.26. The molecule has 0 N–H and O–H groups in total. The lowest BCUT2D eigenvalue weighted by molar-refractivity contribution is 0.0336. The minimum Gasteiger partial charge on any atom is -0.379 e. The van der Waals surface area contributed by atoms with Crippen molar-refractivity contribution in [2.45, 2.75) is 13.5 Å². The van der Waals surface area contributed by atoms with Crippen LogP contribution in [0.25, 0.3) is 28.3 Å². The van der Waals surface area contributed by atoms with E-state index in [9.17, 15) is 0 Å². The van der Waals surface area contributed by atoms with Crippen molar-refractivity contribution >= 4 is 5.65 Å². The van der Waals surface area contributed by atoms with Crippen LogP contribution in [0, 0.1) is 6.92 Å². The van der Waals surface area contributed by atoms with Gasteiger partial charge in [-0.25, -0.2) is 4.98 Å². The minimum absolute atomic E-state index is 0.574. The Balaban J connectivity index is 1.64. The molecule has 4 heterocycles. The molecule has 0 radical (unpaired) electrons. The molecule has 0 aliphatic carbocycles. The summed E-state index contributed by atoms with van der Waals surface area (Å²) in [6, 6.07) is 12.5. The van der Waals surface area contributed by atoms with E-state index < -0.39 is 0 Å². The van der Waals surface area contributed by atoms with Gasteiger partial charge < -0.3 is 13.7 Å². The number of aromatic nitrogens is 4. The molecule has 0 spiro atoms. The second-order valence-electron chi connectivity index (χ2n) is 7.06. The van der Waals surface area contributed by atoms with Crippen molar-refractivity contribution in [3.8, 4) is 22.6 Å². The highest BCUT2D eigenvalue weighted by Crippen LogP contribution is 2.28. The molecule has 5 rings (SSSR count). The van der Waals surface area contributed by atoms with Gasteiger partial charge in [-0.15, -0.1) is 0 Å². The zero-order chi connectivity index (χ0) is 18.9. The van der Waals surface area contributed by atoms with Gasteiger partial charge in [0.1, 0.15) is 5.65 Å². The smallest absolute Gasteiger partial charge is 0.214 e. The molecule has 1 aliphatic rings. The molecule has 0 atom stereocenters. The molecule has 1 aromatic carbocycles. The molecule has 7 nitrogen and oxygen atoms in total. The summed E-state index contributed by atoms with van der Waals surface area (Å²) in [6.07, 6.45) is 3.39. The highest BCUT2D eigenvalue weighted by atomic mass is 16.5. The lowest BCUT2D eigenvalue weighted by atomic mass is 10.1. The van der Waals surface area contributed by atoms with Crippen LogP contribution in [-0.2, 0) is 11.3 Å². The Hall–Kier alpha value is -3.03. The van der Waals surface area contributed by atoms with Crippen LogP contribution >= 0.6 is 0 Å². The van der Waals surface area contributed by atoms with Gasteiger partial charge in [0.05, 0.1) is 24.6 Å². The zero-order valence-electron chi connectivity index (χ0n) is 15.7. The molecule has 1 saturated heterocycles. The number of aryl methyl sites for hydroxylation is 1. The number of imidazole rings is 1. The van der Waals surface area contributed by atoms with Crippen LogP contribution in [0.5, 0.6) is 0 Å². The molecule has 0 bridgehead atoms. The maximum atomic E-state index is 5.51. The van der Waals surface area contributed by atoms with Crippen LogP contribution in [0.3, 0.4) is 0 Å². The summed E-state index contributed by atoms with van der Waals surface area (Å²) in [6.45, 7) is 6.29. The second kappa shape index (κ2) is 7.18. The number of hydrogen-bond acceptors (Lipinski definition) is 6. The number of fused-ring (bicyclic) bond motifs is 1. The largest absolute Gasteiger partial charge is 0.379 e. The average Bonchev–Trinajstić information content (AvgIpc) is 3.38. The minimum atomic E-state index is 0.574. The molecule has 4 aromatic rings. The summed E-state index contributed by atoms with van der Waals surface area (Å²) in [5, 5.41) is 3.97. The predicted molar refractivity (Wildman–Crippen MR) is 105 cm³/mol. The normalized spacial score (nSPS) is 15.3. The molecule has 3 aromatic heterocycles. The first-order valence-corrected chi connectivity index (χ1v) is 9.43. The predicted octanol–water partition coefficient (Wildman–Crippen LogP) is 3.19. The third-order valence-corrected chi connectivity index (χ3v) is 5.14. The third kappa shape index (κ3) is 3.19. The molecule has 1 aliphatic heterocycles. The van der Waals surface area contributed by atoms with Crippen molar-refractivity contribution in [3.63, 3.8) is 0 Å². The Kier molecular flexibility index (Phi) is 4.38. The number of benzene rings is 1. The fraction of sp³-hybridized carbons (Fsp3) is 0.286. The number of ether oxygens (including phenoxy) is 1. The lowest BCUT2D eigenvalue weighted by Crippen LogP contribution is -2.36. The number of pyridine rings is 1. The topological polar surface area (TPSA) is 68.7 Å². The SMILES string of the molecule is Cc1ccc(-c2nc3ccc(-c4ncon4)cn3c2CN2CCOCC2)cc1. The molecular weight excluding hydrogens is 354 g/mol. The van der Waals surface area contributed by atoms with Gasteiger partial charge in [-0.05, 0) is 19.1 Å². The van der Waals surface area contributed by atoms with Crippen LogP contribution in [0.4, 0.5) is 0 Å². The van der Waals surface area contributed by atoms with Gasteiger partial charge in [-0.3, -0.25) is 4.90 Å². The number of rotatable bonds is 4. The quantitative estimate of drug-likeness (QED) is 0.546. The van der Waals surface area contributed by atoms with E-state index in [1.165, 1.54) is 12.0 Å². The van der Waals surface area contributed by atoms with E-state index in [1.807, 2.05) is 18.3 Å². The monoisotopic (exact) mass is 375 g/mol. The van der Waals surface area contributed by atoms with Crippen molar-refractivity contribution in [1.29, 1.82) is 0 Å². The van der Waals surface area contributed by atoms with E-state index in [1.54, 1.807) is 0 Å². The van der Waals surface area contributed by atoms with E-state index in [0.29, 0.717) is 5.82 Å². The van der Waals surface area contributed by atoms with Crippen LogP contribution in [-0.4, -0.2) is 50.7 Å². The van der Waals surface area contributed by atoms with E-state index in [2.05, 4.69) is 50.6 Å². The Bertz CT molecular complexity index is 1080. The van der Waals surface area contributed by atoms with E-state index >= 15 is 0 Å². The van der Waals surface area contributed by atoms with Crippen LogP contribution in [0.2, 0.25) is 0 Å². The maximum Gasteiger partial charge on any atom is 0.214 e. The Morgan fingerprint density at radius 1 is 1.00 bits per heavy atom. The first-order chi connectivity index (χ1) is 13.8. The molecule has 7 heteroatoms. The van der Waals surface area contributed by atoms with E-state index in [0.717, 1.165) is 61.0 Å². The standard InChI is InChI=1S/C21H21N5O2/c1-15-2-4-16(5-3-15)20-18(13-25-8-10-27-11-9-25)26-12-17(6-7-19(26)23-20)21-22-14-28-24-21/h2-7,12,14H,8-11,13H2,1H3. The van der Waals surface area contributed by atoms with E-state index in [-0.39, 0.29) is 0 Å². The third-order valence-electron chi connectivity index (χ3n) is 5.14. The van der Waals surface area contributed by atoms with Gasteiger partial charge >= 0.3 is 0 Å². The van der Waals surface area contributed by atoms with Gasteiger partial charge in [0.2, 0.25) is 12.2 Å². The van der Waals surface area contributed by atoms with Crippen LogP contribution < -0.4 is 0 Å². The Morgan fingerprint density at radius 2 is 1.79 bits per heavy atom. The molecule has 142 valence electrons. The molecule has 28 heavy (non-hydrogen) atoms. The summed E-state index contributed by atoms with van der Waals surface area (Å²) in [4.78, 5) is 11.5. The Labute approximate surface area is 162 Å². The van der Waals surface area contributed by atoms with Crippen molar-refractivity contribution in [1.82, 2.24) is 24.4 Å². The first kappa shape index (κ1) is 17.1. The van der Waals surface area contributed by atoms with Crippen molar-refractivity contribution < 1.29 is 9.26 Å². The maximum absolute atomic E-state index is 5.51. The second-order valence-corrected chi connectivity index (χ2v) is 7.06. The fourth-order valence-corrected chi connectivity index (χ4v) is 3.59. The number of nitrogens with zero attached hydrogens (tertiary/aromatic N) is 5. The molecular formula is C21H21N5O2. The van der Waals surface area contributed by atoms with E-state index in [4.69, 9.17) is 14.2 Å². The summed E-state index contributed by atoms with van der Waals surface area (Å²) in [5.41, 5.74) is 6.34. The van der Waals surface area contributed by atoms with Crippen LogP contribution in [0.1, 0.15) is 11.3 Å². The summed E-state index contributed by atoms with van der Waals surface area (Å²) in [5.74, 6) is 0.574. The highest BCUT2D eigenvalue weighted by Gasteiger charge is 2.19. The number of hydrogen-bond donors (Lipinski definition) is 0.